The highest BCUT2D eigenvalue weighted by Gasteiger charge is 2.17. The number of benzene rings is 1. The first-order valence-corrected chi connectivity index (χ1v) is 6.72. The fourth-order valence-corrected chi connectivity index (χ4v) is 1.96. The second-order valence-electron chi connectivity index (χ2n) is 4.62. The first-order valence-electron chi connectivity index (χ1n) is 6.72. The summed E-state index contributed by atoms with van der Waals surface area (Å²) in [6.45, 7) is 3.06. The van der Waals surface area contributed by atoms with E-state index in [1.165, 1.54) is 0 Å². The SMILES string of the molecule is Cc1ccc(C(=O)N(CCCN)c2ccccc2)cn1. The van der Waals surface area contributed by atoms with Gasteiger partial charge in [0.25, 0.3) is 5.91 Å². The lowest BCUT2D eigenvalue weighted by Crippen LogP contribution is -2.33. The van der Waals surface area contributed by atoms with Gasteiger partial charge in [0.05, 0.1) is 5.56 Å². The molecule has 4 heteroatoms. The molecule has 1 heterocycles. The maximum Gasteiger partial charge on any atom is 0.259 e. The Labute approximate surface area is 119 Å². The molecular weight excluding hydrogens is 250 g/mol. The molecule has 0 unspecified atom stereocenters. The average molecular weight is 269 g/mol. The number of nitrogens with zero attached hydrogens (tertiary/aromatic N) is 2. The molecule has 1 amide bonds. The molecule has 1 aromatic carbocycles. The second-order valence-corrected chi connectivity index (χ2v) is 4.62. The Morgan fingerprint density at radius 3 is 2.55 bits per heavy atom. The minimum absolute atomic E-state index is 0.0443. The lowest BCUT2D eigenvalue weighted by molar-refractivity contribution is 0.0986. The van der Waals surface area contributed by atoms with Crippen LogP contribution in [-0.4, -0.2) is 24.0 Å². The van der Waals surface area contributed by atoms with Crippen LogP contribution in [0.25, 0.3) is 0 Å². The maximum absolute atomic E-state index is 12.6. The number of para-hydroxylation sites is 1. The van der Waals surface area contributed by atoms with Crippen LogP contribution in [0.15, 0.2) is 48.7 Å². The van der Waals surface area contributed by atoms with Crippen molar-refractivity contribution in [2.75, 3.05) is 18.0 Å². The predicted molar refractivity (Wildman–Crippen MR) is 80.8 cm³/mol. The lowest BCUT2D eigenvalue weighted by atomic mass is 10.2. The van der Waals surface area contributed by atoms with Gasteiger partial charge >= 0.3 is 0 Å². The summed E-state index contributed by atoms with van der Waals surface area (Å²) >= 11 is 0. The Morgan fingerprint density at radius 1 is 1.20 bits per heavy atom. The Morgan fingerprint density at radius 2 is 1.95 bits per heavy atom. The Kier molecular flexibility index (Phi) is 4.85. The van der Waals surface area contributed by atoms with Crippen molar-refractivity contribution in [3.05, 3.63) is 59.9 Å². The van der Waals surface area contributed by atoms with Crippen LogP contribution < -0.4 is 10.6 Å². The number of anilines is 1. The van der Waals surface area contributed by atoms with E-state index in [-0.39, 0.29) is 5.91 Å². The number of hydrogen-bond donors (Lipinski definition) is 1. The van der Waals surface area contributed by atoms with E-state index in [4.69, 9.17) is 5.73 Å². The zero-order valence-electron chi connectivity index (χ0n) is 11.6. The highest BCUT2D eigenvalue weighted by Crippen LogP contribution is 2.17. The summed E-state index contributed by atoms with van der Waals surface area (Å²) in [6, 6.07) is 13.3. The van der Waals surface area contributed by atoms with E-state index in [2.05, 4.69) is 4.98 Å². The maximum atomic E-state index is 12.6. The number of aromatic nitrogens is 1. The summed E-state index contributed by atoms with van der Waals surface area (Å²) in [6.07, 6.45) is 2.38. The number of nitrogens with two attached hydrogens (primary N) is 1. The molecule has 0 aliphatic heterocycles. The summed E-state index contributed by atoms with van der Waals surface area (Å²) in [4.78, 5) is 18.5. The number of hydrogen-bond acceptors (Lipinski definition) is 3. The normalized spacial score (nSPS) is 10.3. The van der Waals surface area contributed by atoms with Crippen molar-refractivity contribution in [2.24, 2.45) is 5.73 Å². The zero-order valence-corrected chi connectivity index (χ0v) is 11.6. The second kappa shape index (κ2) is 6.82. The van der Waals surface area contributed by atoms with Gasteiger partial charge in [0.1, 0.15) is 0 Å². The number of carbonyl (C=O) groups excluding carboxylic acids is 1. The number of pyridine rings is 1. The monoisotopic (exact) mass is 269 g/mol. The van der Waals surface area contributed by atoms with E-state index < -0.39 is 0 Å². The molecular formula is C16H19N3O. The van der Waals surface area contributed by atoms with Gasteiger partial charge in [-0.25, -0.2) is 0 Å². The van der Waals surface area contributed by atoms with Crippen LogP contribution in [0.3, 0.4) is 0 Å². The highest BCUT2D eigenvalue weighted by atomic mass is 16.2. The van der Waals surface area contributed by atoms with Crippen molar-refractivity contribution >= 4 is 11.6 Å². The minimum atomic E-state index is -0.0443. The molecule has 4 nitrogen and oxygen atoms in total. The number of rotatable bonds is 5. The summed E-state index contributed by atoms with van der Waals surface area (Å²) < 4.78 is 0. The van der Waals surface area contributed by atoms with Gasteiger partial charge in [0, 0.05) is 24.1 Å². The van der Waals surface area contributed by atoms with E-state index in [1.807, 2.05) is 49.4 Å². The summed E-state index contributed by atoms with van der Waals surface area (Å²) in [5.41, 5.74) is 7.94. The predicted octanol–water partition coefficient (Wildman–Crippen LogP) is 2.39. The van der Waals surface area contributed by atoms with Crippen LogP contribution in [0, 0.1) is 6.92 Å². The highest BCUT2D eigenvalue weighted by molar-refractivity contribution is 6.05. The minimum Gasteiger partial charge on any atom is -0.330 e. The fourth-order valence-electron chi connectivity index (χ4n) is 1.96. The smallest absolute Gasteiger partial charge is 0.259 e. The molecule has 104 valence electrons. The largest absolute Gasteiger partial charge is 0.330 e. The molecule has 0 fully saturated rings. The molecule has 0 aliphatic rings. The number of carbonyl (C=O) groups is 1. The van der Waals surface area contributed by atoms with Gasteiger partial charge in [-0.3, -0.25) is 9.78 Å². The number of aryl methyl sites for hydroxylation is 1. The van der Waals surface area contributed by atoms with Crippen molar-refractivity contribution in [1.82, 2.24) is 4.98 Å². The number of amides is 1. The van der Waals surface area contributed by atoms with Gasteiger partial charge in [0.15, 0.2) is 0 Å². The van der Waals surface area contributed by atoms with Crippen molar-refractivity contribution in [3.63, 3.8) is 0 Å². The van der Waals surface area contributed by atoms with Gasteiger partial charge in [-0.05, 0) is 44.2 Å². The third kappa shape index (κ3) is 3.42. The average Bonchev–Trinajstić information content (AvgIpc) is 2.49. The molecule has 20 heavy (non-hydrogen) atoms. The van der Waals surface area contributed by atoms with E-state index in [1.54, 1.807) is 11.1 Å². The summed E-state index contributed by atoms with van der Waals surface area (Å²) in [5, 5.41) is 0. The molecule has 2 rings (SSSR count). The summed E-state index contributed by atoms with van der Waals surface area (Å²) in [7, 11) is 0. The zero-order chi connectivity index (χ0) is 14.4. The molecule has 1 aromatic heterocycles. The van der Waals surface area contributed by atoms with E-state index in [0.29, 0.717) is 18.7 Å². The molecule has 0 saturated carbocycles. The van der Waals surface area contributed by atoms with E-state index in [0.717, 1.165) is 17.8 Å². The van der Waals surface area contributed by atoms with Crippen LogP contribution in [0.1, 0.15) is 22.5 Å². The molecule has 0 atom stereocenters. The van der Waals surface area contributed by atoms with Gasteiger partial charge in [-0.2, -0.15) is 0 Å². The van der Waals surface area contributed by atoms with Gasteiger partial charge in [0.2, 0.25) is 0 Å². The Hall–Kier alpha value is -2.20. The molecule has 0 spiro atoms. The van der Waals surface area contributed by atoms with Gasteiger partial charge in [-0.15, -0.1) is 0 Å². The first kappa shape index (κ1) is 14.2. The fraction of sp³-hybridized carbons (Fsp3) is 0.250. The Bertz CT molecular complexity index is 552. The Balaban J connectivity index is 2.26. The van der Waals surface area contributed by atoms with Gasteiger partial charge in [-0.1, -0.05) is 18.2 Å². The quantitative estimate of drug-likeness (QED) is 0.906. The van der Waals surface area contributed by atoms with Crippen LogP contribution in [-0.2, 0) is 0 Å². The first-order chi connectivity index (χ1) is 9.72. The van der Waals surface area contributed by atoms with Crippen LogP contribution in [0.4, 0.5) is 5.69 Å². The molecule has 0 bridgehead atoms. The van der Waals surface area contributed by atoms with Crippen molar-refractivity contribution < 1.29 is 4.79 Å². The topological polar surface area (TPSA) is 59.2 Å². The molecule has 2 N–H and O–H groups in total. The molecule has 0 radical (unpaired) electrons. The standard InChI is InChI=1S/C16H19N3O/c1-13-8-9-14(12-18-13)16(20)19(11-5-10-17)15-6-3-2-4-7-15/h2-4,6-9,12H,5,10-11,17H2,1H3. The third-order valence-electron chi connectivity index (χ3n) is 3.06. The van der Waals surface area contributed by atoms with E-state index >= 15 is 0 Å². The van der Waals surface area contributed by atoms with Crippen LogP contribution >= 0.6 is 0 Å². The summed E-state index contributed by atoms with van der Waals surface area (Å²) in [5.74, 6) is -0.0443. The molecule has 0 aliphatic carbocycles. The molecule has 0 saturated heterocycles. The van der Waals surface area contributed by atoms with Gasteiger partial charge < -0.3 is 10.6 Å². The third-order valence-corrected chi connectivity index (χ3v) is 3.06. The van der Waals surface area contributed by atoms with E-state index in [9.17, 15) is 4.79 Å². The van der Waals surface area contributed by atoms with Crippen molar-refractivity contribution in [1.29, 1.82) is 0 Å². The van der Waals surface area contributed by atoms with Crippen molar-refractivity contribution in [3.8, 4) is 0 Å². The van der Waals surface area contributed by atoms with Crippen LogP contribution in [0.2, 0.25) is 0 Å². The van der Waals surface area contributed by atoms with Crippen molar-refractivity contribution in [2.45, 2.75) is 13.3 Å². The van der Waals surface area contributed by atoms with Crippen LogP contribution in [0.5, 0.6) is 0 Å². The molecule has 2 aromatic rings. The lowest BCUT2D eigenvalue weighted by Gasteiger charge is -2.22.